The van der Waals surface area contributed by atoms with Gasteiger partial charge in [0, 0.05) is 24.9 Å². The number of aryl methyl sites for hydroxylation is 2. The molecule has 0 radical (unpaired) electrons. The smallest absolute Gasteiger partial charge is 0.452 e. The van der Waals surface area contributed by atoms with Gasteiger partial charge in [0.15, 0.2) is 5.65 Å². The fourth-order valence-electron chi connectivity index (χ4n) is 5.68. The van der Waals surface area contributed by atoms with Crippen LogP contribution in [0.3, 0.4) is 0 Å². The van der Waals surface area contributed by atoms with Gasteiger partial charge in [0.25, 0.3) is 0 Å². The molecule has 4 heterocycles. The number of fused-ring (bicyclic) bond motifs is 2. The summed E-state index contributed by atoms with van der Waals surface area (Å²) < 4.78 is 76.3. The van der Waals surface area contributed by atoms with Crippen molar-refractivity contribution in [2.75, 3.05) is 6.54 Å². The summed E-state index contributed by atoms with van der Waals surface area (Å²) in [5, 5.41) is 17.4. The molecule has 0 saturated heterocycles. The number of ether oxygens (including phenoxy) is 1. The topological polar surface area (TPSA) is 127 Å². The molecule has 234 valence electrons. The summed E-state index contributed by atoms with van der Waals surface area (Å²) in [4.78, 5) is 16.7. The van der Waals surface area contributed by atoms with Gasteiger partial charge in [-0.25, -0.2) is 13.4 Å². The molecule has 5 rings (SSSR count). The van der Waals surface area contributed by atoms with E-state index in [-0.39, 0.29) is 29.5 Å². The number of hydrogen-bond acceptors (Lipinski definition) is 7. The molecule has 4 aromatic rings. The Bertz CT molecular complexity index is 1890. The molecule has 3 aromatic heterocycles. The van der Waals surface area contributed by atoms with Gasteiger partial charge in [-0.15, -0.1) is 10.2 Å². The van der Waals surface area contributed by atoms with Crippen LogP contribution in [0, 0.1) is 19.3 Å². The lowest BCUT2D eigenvalue weighted by atomic mass is 9.70. The quantitative estimate of drug-likeness (QED) is 0.301. The number of halogens is 3. The van der Waals surface area contributed by atoms with Gasteiger partial charge >= 0.3 is 12.1 Å². The van der Waals surface area contributed by atoms with Gasteiger partial charge in [-0.2, -0.15) is 17.5 Å². The second kappa shape index (κ2) is 10.5. The SMILES string of the molecule is Cc1ccc([C@@H](c2ccn3c(C(F)(F)F)nnc3c2C)C(C)(C)C(=O)O)cc1CN1CC(C)(C)Oc2ncccc2S1(=O)=O. The number of aromatic nitrogens is 4. The fourth-order valence-corrected chi connectivity index (χ4v) is 7.31. The molecule has 0 fully saturated rings. The summed E-state index contributed by atoms with van der Waals surface area (Å²) in [6.45, 7) is 9.99. The largest absolute Gasteiger partial charge is 0.481 e. The predicted molar refractivity (Wildman–Crippen MR) is 154 cm³/mol. The van der Waals surface area contributed by atoms with Gasteiger partial charge in [-0.05, 0) is 87.6 Å². The maximum Gasteiger partial charge on any atom is 0.452 e. The molecule has 44 heavy (non-hydrogen) atoms. The van der Waals surface area contributed by atoms with Crippen molar-refractivity contribution >= 4 is 21.6 Å². The van der Waals surface area contributed by atoms with Crippen LogP contribution in [0.4, 0.5) is 13.2 Å². The number of carboxylic acids is 1. The Morgan fingerprint density at radius 1 is 1.14 bits per heavy atom. The van der Waals surface area contributed by atoms with Crippen molar-refractivity contribution in [2.24, 2.45) is 5.41 Å². The van der Waals surface area contributed by atoms with Crippen LogP contribution in [0.2, 0.25) is 0 Å². The van der Waals surface area contributed by atoms with Gasteiger partial charge in [0.1, 0.15) is 10.5 Å². The van der Waals surface area contributed by atoms with Crippen LogP contribution in [0.1, 0.15) is 67.3 Å². The van der Waals surface area contributed by atoms with Crippen LogP contribution >= 0.6 is 0 Å². The van der Waals surface area contributed by atoms with Crippen molar-refractivity contribution in [3.05, 3.63) is 82.4 Å². The Kier molecular flexibility index (Phi) is 7.52. The van der Waals surface area contributed by atoms with Gasteiger partial charge in [0.05, 0.1) is 12.0 Å². The first-order valence-corrected chi connectivity index (χ1v) is 15.2. The van der Waals surface area contributed by atoms with Gasteiger partial charge in [-0.3, -0.25) is 9.20 Å². The van der Waals surface area contributed by atoms with Crippen LogP contribution in [0.5, 0.6) is 5.88 Å². The maximum atomic E-state index is 13.8. The minimum absolute atomic E-state index is 0.0155. The number of sulfonamides is 1. The lowest BCUT2D eigenvalue weighted by Gasteiger charge is -2.33. The Labute approximate surface area is 252 Å². The Balaban J connectivity index is 1.64. The van der Waals surface area contributed by atoms with E-state index in [1.807, 2.05) is 6.92 Å². The first-order chi connectivity index (χ1) is 20.3. The summed E-state index contributed by atoms with van der Waals surface area (Å²) in [6, 6.07) is 9.72. The fraction of sp³-hybridized carbons (Fsp3) is 0.400. The van der Waals surface area contributed by atoms with Crippen LogP contribution in [-0.4, -0.2) is 55.5 Å². The number of benzene rings is 1. The monoisotopic (exact) mass is 631 g/mol. The van der Waals surface area contributed by atoms with E-state index < -0.39 is 44.9 Å². The molecule has 0 spiro atoms. The number of pyridine rings is 2. The molecule has 0 bridgehead atoms. The molecule has 0 unspecified atom stereocenters. The average molecular weight is 632 g/mol. The third-order valence-corrected chi connectivity index (χ3v) is 9.85. The third kappa shape index (κ3) is 5.40. The van der Waals surface area contributed by atoms with Crippen molar-refractivity contribution in [3.63, 3.8) is 0 Å². The molecule has 0 amide bonds. The standard InChI is InChI=1S/C30H32F3N5O5S/c1-17-9-10-19(14-20(17)15-37-16-28(3,4)43-25-22(44(37,41)42)8-7-12-34-25)23(29(5,6)27(39)40)21-11-13-38-24(18(21)2)35-36-26(38)30(31,32)33/h7-14,23H,15-16H2,1-6H3,(H,39,40)/t23-/m0/s1. The number of carboxylic acid groups (broad SMARTS) is 1. The molecule has 1 atom stereocenters. The molecule has 1 aliphatic rings. The molecule has 0 saturated carbocycles. The highest BCUT2D eigenvalue weighted by Gasteiger charge is 2.43. The lowest BCUT2D eigenvalue weighted by molar-refractivity contribution is -0.147. The molecule has 1 N–H and O–H groups in total. The van der Waals surface area contributed by atoms with E-state index in [4.69, 9.17) is 4.74 Å². The highest BCUT2D eigenvalue weighted by atomic mass is 32.2. The number of hydrogen-bond donors (Lipinski definition) is 1. The van der Waals surface area contributed by atoms with E-state index >= 15 is 0 Å². The van der Waals surface area contributed by atoms with Gasteiger partial charge in [0.2, 0.25) is 21.7 Å². The molecular weight excluding hydrogens is 599 g/mol. The number of aliphatic carboxylic acids is 1. The summed E-state index contributed by atoms with van der Waals surface area (Å²) in [6.07, 6.45) is -2.08. The first kappa shape index (κ1) is 31.4. The van der Waals surface area contributed by atoms with E-state index in [1.165, 1.54) is 48.7 Å². The lowest BCUT2D eigenvalue weighted by Crippen LogP contribution is -2.42. The summed E-state index contributed by atoms with van der Waals surface area (Å²) >= 11 is 0. The Morgan fingerprint density at radius 2 is 1.84 bits per heavy atom. The molecule has 0 aliphatic carbocycles. The zero-order valence-electron chi connectivity index (χ0n) is 25.0. The summed E-state index contributed by atoms with van der Waals surface area (Å²) in [5.41, 5.74) is 0.353. The highest BCUT2D eigenvalue weighted by molar-refractivity contribution is 7.89. The Hall–Kier alpha value is -4.04. The zero-order valence-corrected chi connectivity index (χ0v) is 25.8. The predicted octanol–water partition coefficient (Wildman–Crippen LogP) is 5.36. The van der Waals surface area contributed by atoms with Gasteiger partial charge in [-0.1, -0.05) is 18.2 Å². The van der Waals surface area contributed by atoms with Crippen LogP contribution < -0.4 is 4.74 Å². The molecular formula is C30H32F3N5O5S. The van der Waals surface area contributed by atoms with Gasteiger partial charge < -0.3 is 9.84 Å². The van der Waals surface area contributed by atoms with Crippen molar-refractivity contribution in [2.45, 2.75) is 70.7 Å². The minimum atomic E-state index is -4.73. The summed E-state index contributed by atoms with van der Waals surface area (Å²) in [7, 11) is -4.03. The number of carbonyl (C=O) groups is 1. The van der Waals surface area contributed by atoms with Crippen molar-refractivity contribution in [3.8, 4) is 5.88 Å². The Morgan fingerprint density at radius 3 is 2.50 bits per heavy atom. The molecule has 14 heteroatoms. The number of alkyl halides is 3. The normalized spacial score (nSPS) is 17.5. The van der Waals surface area contributed by atoms with Crippen molar-refractivity contribution < 1.29 is 36.2 Å². The molecule has 1 aromatic carbocycles. The number of rotatable bonds is 6. The maximum absolute atomic E-state index is 13.8. The van der Waals surface area contributed by atoms with E-state index in [1.54, 1.807) is 39.0 Å². The van der Waals surface area contributed by atoms with Crippen molar-refractivity contribution in [1.29, 1.82) is 0 Å². The van der Waals surface area contributed by atoms with E-state index in [2.05, 4.69) is 15.2 Å². The van der Waals surface area contributed by atoms with E-state index in [0.717, 1.165) is 9.96 Å². The average Bonchev–Trinajstić information content (AvgIpc) is 3.34. The summed E-state index contributed by atoms with van der Waals surface area (Å²) in [5.74, 6) is -3.14. The number of nitrogens with zero attached hydrogens (tertiary/aromatic N) is 5. The highest BCUT2D eigenvalue weighted by Crippen LogP contribution is 2.44. The molecule has 1 aliphatic heterocycles. The zero-order chi connectivity index (χ0) is 32.4. The van der Waals surface area contributed by atoms with Crippen LogP contribution in [0.25, 0.3) is 5.65 Å². The van der Waals surface area contributed by atoms with Crippen molar-refractivity contribution in [1.82, 2.24) is 23.9 Å². The first-order valence-electron chi connectivity index (χ1n) is 13.7. The van der Waals surface area contributed by atoms with Crippen LogP contribution in [0.15, 0.2) is 53.7 Å². The second-order valence-electron chi connectivity index (χ2n) is 12.2. The van der Waals surface area contributed by atoms with E-state index in [0.29, 0.717) is 22.3 Å². The third-order valence-electron chi connectivity index (χ3n) is 8.04. The minimum Gasteiger partial charge on any atom is -0.481 e. The van der Waals surface area contributed by atoms with E-state index in [9.17, 15) is 31.5 Å². The van der Waals surface area contributed by atoms with Crippen LogP contribution in [-0.2, 0) is 27.5 Å². The molecule has 10 nitrogen and oxygen atoms in total. The second-order valence-corrected chi connectivity index (χ2v) is 14.1.